The van der Waals surface area contributed by atoms with Crippen LogP contribution in [0.15, 0.2) is 24.3 Å². The van der Waals surface area contributed by atoms with Crippen LogP contribution in [-0.4, -0.2) is 54.6 Å². The smallest absolute Gasteiger partial charge is 0.317 e. The van der Waals surface area contributed by atoms with E-state index in [0.29, 0.717) is 18.2 Å². The number of hydrogen-bond acceptors (Lipinski definition) is 3. The number of likely N-dealkylation sites (tertiary alicyclic amines) is 2. The minimum atomic E-state index is 0.0542. The highest BCUT2D eigenvalue weighted by Crippen LogP contribution is 2.21. The maximum atomic E-state index is 12.4. The summed E-state index contributed by atoms with van der Waals surface area (Å²) < 4.78 is 0. The van der Waals surface area contributed by atoms with E-state index in [1.807, 2.05) is 23.1 Å². The number of nitriles is 1. The first-order chi connectivity index (χ1) is 12.3. The fourth-order valence-corrected chi connectivity index (χ4v) is 3.98. The number of rotatable bonds is 4. The van der Waals surface area contributed by atoms with Gasteiger partial charge in [0, 0.05) is 25.7 Å². The van der Waals surface area contributed by atoms with E-state index >= 15 is 0 Å². The molecule has 3 rings (SSSR count). The minimum absolute atomic E-state index is 0.0542. The maximum absolute atomic E-state index is 12.4. The predicted octanol–water partition coefficient (Wildman–Crippen LogP) is 2.76. The molecule has 1 aromatic carbocycles. The zero-order valence-electron chi connectivity index (χ0n) is 14.9. The molecule has 2 aliphatic heterocycles. The van der Waals surface area contributed by atoms with Gasteiger partial charge in [-0.3, -0.25) is 0 Å². The molecule has 0 bridgehead atoms. The summed E-state index contributed by atoms with van der Waals surface area (Å²) in [7, 11) is 0. The van der Waals surface area contributed by atoms with Crippen LogP contribution in [0.3, 0.4) is 0 Å². The van der Waals surface area contributed by atoms with Gasteiger partial charge >= 0.3 is 6.03 Å². The molecule has 2 aliphatic rings. The number of urea groups is 1. The summed E-state index contributed by atoms with van der Waals surface area (Å²) >= 11 is 0. The number of nitrogens with zero attached hydrogens (tertiary/aromatic N) is 3. The highest BCUT2D eigenvalue weighted by atomic mass is 16.2. The highest BCUT2D eigenvalue weighted by Gasteiger charge is 2.26. The Hall–Kier alpha value is -2.06. The van der Waals surface area contributed by atoms with Crippen molar-refractivity contribution >= 4 is 6.03 Å². The van der Waals surface area contributed by atoms with E-state index in [1.165, 1.54) is 32.4 Å². The topological polar surface area (TPSA) is 59.4 Å². The van der Waals surface area contributed by atoms with Crippen LogP contribution >= 0.6 is 0 Å². The van der Waals surface area contributed by atoms with Crippen molar-refractivity contribution in [2.24, 2.45) is 0 Å². The van der Waals surface area contributed by atoms with Crippen molar-refractivity contribution in [2.45, 2.75) is 44.6 Å². The Kier molecular flexibility index (Phi) is 6.30. The summed E-state index contributed by atoms with van der Waals surface area (Å²) in [5.41, 5.74) is 1.76. The molecular formula is C20H28N4O. The fraction of sp³-hybridized carbons (Fsp3) is 0.600. The molecule has 134 valence electrons. The molecule has 0 radical (unpaired) electrons. The van der Waals surface area contributed by atoms with E-state index in [4.69, 9.17) is 5.26 Å². The van der Waals surface area contributed by atoms with Gasteiger partial charge in [-0.1, -0.05) is 12.1 Å². The van der Waals surface area contributed by atoms with Crippen molar-refractivity contribution < 1.29 is 4.79 Å². The quantitative estimate of drug-likeness (QED) is 0.917. The van der Waals surface area contributed by atoms with Gasteiger partial charge in [-0.2, -0.15) is 5.26 Å². The number of nitrogens with one attached hydrogen (secondary N) is 1. The van der Waals surface area contributed by atoms with Crippen molar-refractivity contribution in [3.8, 4) is 6.07 Å². The highest BCUT2D eigenvalue weighted by molar-refractivity contribution is 5.74. The minimum Gasteiger partial charge on any atom is -0.338 e. The Labute approximate surface area is 150 Å². The van der Waals surface area contributed by atoms with Gasteiger partial charge in [0.25, 0.3) is 0 Å². The normalized spacial score (nSPS) is 21.6. The lowest BCUT2D eigenvalue weighted by Gasteiger charge is -2.26. The summed E-state index contributed by atoms with van der Waals surface area (Å²) in [6.07, 6.45) is 6.81. The molecule has 2 saturated heterocycles. The third-order valence-electron chi connectivity index (χ3n) is 5.39. The van der Waals surface area contributed by atoms with E-state index in [2.05, 4.69) is 16.3 Å². The van der Waals surface area contributed by atoms with Crippen LogP contribution in [0.25, 0.3) is 0 Å². The largest absolute Gasteiger partial charge is 0.338 e. The first kappa shape index (κ1) is 17.8. The summed E-state index contributed by atoms with van der Waals surface area (Å²) in [6.45, 7) is 4.80. The summed E-state index contributed by atoms with van der Waals surface area (Å²) in [4.78, 5) is 17.0. The van der Waals surface area contributed by atoms with Gasteiger partial charge in [0.15, 0.2) is 0 Å². The average molecular weight is 340 g/mol. The lowest BCUT2D eigenvalue weighted by Crippen LogP contribution is -2.42. The van der Waals surface area contributed by atoms with Crippen LogP contribution in [0, 0.1) is 11.3 Å². The van der Waals surface area contributed by atoms with Crippen molar-refractivity contribution in [2.75, 3.05) is 32.7 Å². The first-order valence-corrected chi connectivity index (χ1v) is 9.52. The summed E-state index contributed by atoms with van der Waals surface area (Å²) in [5, 5.41) is 12.0. The van der Waals surface area contributed by atoms with Crippen LogP contribution in [-0.2, 0) is 6.42 Å². The molecular weight excluding hydrogens is 312 g/mol. The standard InChI is InChI=1S/C20H28N4O/c21-16-18-6-3-5-17(15-18)8-10-22-20(25)24-13-4-7-19(9-14-24)23-11-1-2-12-23/h3,5-6,15,19H,1-2,4,7-14H2,(H,22,25). The Bertz CT molecular complexity index is 618. The van der Waals surface area contributed by atoms with Gasteiger partial charge < -0.3 is 15.1 Å². The summed E-state index contributed by atoms with van der Waals surface area (Å²) in [5.74, 6) is 0. The lowest BCUT2D eigenvalue weighted by atomic mass is 10.1. The van der Waals surface area contributed by atoms with E-state index < -0.39 is 0 Å². The molecule has 0 aromatic heterocycles. The van der Waals surface area contributed by atoms with E-state index in [9.17, 15) is 4.79 Å². The Morgan fingerprint density at radius 1 is 1.16 bits per heavy atom. The zero-order chi connectivity index (χ0) is 17.5. The number of amides is 2. The molecule has 2 fully saturated rings. The van der Waals surface area contributed by atoms with E-state index in [1.54, 1.807) is 6.07 Å². The zero-order valence-corrected chi connectivity index (χ0v) is 14.9. The number of carbonyl (C=O) groups excluding carboxylic acids is 1. The molecule has 5 nitrogen and oxygen atoms in total. The first-order valence-electron chi connectivity index (χ1n) is 9.52. The fourth-order valence-electron chi connectivity index (χ4n) is 3.98. The van der Waals surface area contributed by atoms with Gasteiger partial charge in [0.2, 0.25) is 0 Å². The van der Waals surface area contributed by atoms with Crippen LogP contribution in [0.5, 0.6) is 0 Å². The molecule has 1 aromatic rings. The van der Waals surface area contributed by atoms with Crippen LogP contribution < -0.4 is 5.32 Å². The van der Waals surface area contributed by atoms with Crippen LogP contribution in [0.1, 0.15) is 43.2 Å². The Morgan fingerprint density at radius 2 is 2.00 bits per heavy atom. The second-order valence-corrected chi connectivity index (χ2v) is 7.11. The number of benzene rings is 1. The second-order valence-electron chi connectivity index (χ2n) is 7.11. The van der Waals surface area contributed by atoms with E-state index in [0.717, 1.165) is 37.9 Å². The van der Waals surface area contributed by atoms with Crippen molar-refractivity contribution in [3.05, 3.63) is 35.4 Å². The number of carbonyl (C=O) groups is 1. The van der Waals surface area contributed by atoms with Crippen molar-refractivity contribution in [3.63, 3.8) is 0 Å². The molecule has 0 aliphatic carbocycles. The molecule has 0 saturated carbocycles. The molecule has 2 amide bonds. The SMILES string of the molecule is N#Cc1cccc(CCNC(=O)N2CCCC(N3CCCC3)CC2)c1. The third-order valence-corrected chi connectivity index (χ3v) is 5.39. The lowest BCUT2D eigenvalue weighted by molar-refractivity contribution is 0.194. The molecule has 1 atom stereocenters. The summed E-state index contributed by atoms with van der Waals surface area (Å²) in [6, 6.07) is 10.4. The molecule has 1 N–H and O–H groups in total. The molecule has 1 unspecified atom stereocenters. The van der Waals surface area contributed by atoms with Crippen LogP contribution in [0.4, 0.5) is 4.79 Å². The van der Waals surface area contributed by atoms with Gasteiger partial charge in [-0.15, -0.1) is 0 Å². The molecule has 5 heteroatoms. The second kappa shape index (κ2) is 8.87. The Morgan fingerprint density at radius 3 is 2.80 bits per heavy atom. The van der Waals surface area contributed by atoms with Crippen LogP contribution in [0.2, 0.25) is 0 Å². The Balaban J connectivity index is 1.42. The molecule has 25 heavy (non-hydrogen) atoms. The maximum Gasteiger partial charge on any atom is 0.317 e. The third kappa shape index (κ3) is 4.96. The van der Waals surface area contributed by atoms with Gasteiger partial charge in [0.1, 0.15) is 0 Å². The van der Waals surface area contributed by atoms with Gasteiger partial charge in [0.05, 0.1) is 11.6 Å². The monoisotopic (exact) mass is 340 g/mol. The van der Waals surface area contributed by atoms with Crippen molar-refractivity contribution in [1.82, 2.24) is 15.1 Å². The predicted molar refractivity (Wildman–Crippen MR) is 98.3 cm³/mol. The van der Waals surface area contributed by atoms with Gasteiger partial charge in [-0.05, 0) is 69.3 Å². The van der Waals surface area contributed by atoms with Crippen molar-refractivity contribution in [1.29, 1.82) is 5.26 Å². The molecule has 2 heterocycles. The number of hydrogen-bond donors (Lipinski definition) is 1. The van der Waals surface area contributed by atoms with E-state index in [-0.39, 0.29) is 6.03 Å². The average Bonchev–Trinajstić information content (AvgIpc) is 3.06. The molecule has 0 spiro atoms. The van der Waals surface area contributed by atoms with Gasteiger partial charge in [-0.25, -0.2) is 4.79 Å².